The van der Waals surface area contributed by atoms with Gasteiger partial charge in [0, 0.05) is 17.6 Å². The smallest absolute Gasteiger partial charge is 0.307 e. The highest BCUT2D eigenvalue weighted by atomic mass is 32.1. The predicted molar refractivity (Wildman–Crippen MR) is 51.9 cm³/mol. The first-order valence-corrected chi connectivity index (χ1v) is 4.91. The van der Waals surface area contributed by atoms with Gasteiger partial charge >= 0.3 is 4.87 Å². The van der Waals surface area contributed by atoms with Crippen LogP contribution in [0.25, 0.3) is 0 Å². The molecule has 0 aliphatic carbocycles. The van der Waals surface area contributed by atoms with Gasteiger partial charge in [0.2, 0.25) is 5.91 Å². The maximum atomic E-state index is 11.2. The Morgan fingerprint density at radius 2 is 2.38 bits per heavy atom. The average Bonchev–Trinajstić information content (AvgIpc) is 2.34. The standard InChI is InChI=1S/C8H12N2O2S/c1-6(2)9-7(11)5-10-3-4-13-8(10)12/h3-4,6H,5H2,1-2H3,(H,9,11). The third kappa shape index (κ3) is 3.02. The lowest BCUT2D eigenvalue weighted by atomic mass is 10.4. The molecule has 0 atom stereocenters. The van der Waals surface area contributed by atoms with Crippen molar-refractivity contribution in [2.45, 2.75) is 26.4 Å². The lowest BCUT2D eigenvalue weighted by Crippen LogP contribution is -2.34. The monoisotopic (exact) mass is 200 g/mol. The molecule has 13 heavy (non-hydrogen) atoms. The maximum absolute atomic E-state index is 11.2. The summed E-state index contributed by atoms with van der Waals surface area (Å²) < 4.78 is 1.39. The second-order valence-corrected chi connectivity index (χ2v) is 3.88. The second kappa shape index (κ2) is 4.23. The number of carbonyl (C=O) groups is 1. The number of hydrogen-bond donors (Lipinski definition) is 1. The van der Waals surface area contributed by atoms with E-state index in [1.807, 2.05) is 13.8 Å². The lowest BCUT2D eigenvalue weighted by molar-refractivity contribution is -0.122. The molecule has 72 valence electrons. The van der Waals surface area contributed by atoms with Crippen molar-refractivity contribution < 1.29 is 4.79 Å². The van der Waals surface area contributed by atoms with Gasteiger partial charge in [0.05, 0.1) is 0 Å². The van der Waals surface area contributed by atoms with Crippen molar-refractivity contribution in [3.05, 3.63) is 21.2 Å². The number of nitrogens with one attached hydrogen (secondary N) is 1. The summed E-state index contributed by atoms with van der Waals surface area (Å²) in [5, 5.41) is 4.39. The molecular formula is C8H12N2O2S. The van der Waals surface area contributed by atoms with Crippen LogP contribution in [-0.4, -0.2) is 16.5 Å². The highest BCUT2D eigenvalue weighted by molar-refractivity contribution is 7.07. The van der Waals surface area contributed by atoms with Crippen molar-refractivity contribution in [3.8, 4) is 0 Å². The second-order valence-electron chi connectivity index (χ2n) is 3.02. The van der Waals surface area contributed by atoms with E-state index in [1.54, 1.807) is 11.6 Å². The fourth-order valence-electron chi connectivity index (χ4n) is 0.930. The molecule has 0 saturated heterocycles. The van der Waals surface area contributed by atoms with Crippen molar-refractivity contribution in [2.24, 2.45) is 0 Å². The summed E-state index contributed by atoms with van der Waals surface area (Å²) in [5.41, 5.74) is 0. The Labute approximate surface area is 80.2 Å². The molecule has 0 aliphatic rings. The van der Waals surface area contributed by atoms with Crippen LogP contribution in [0.4, 0.5) is 0 Å². The van der Waals surface area contributed by atoms with Crippen molar-refractivity contribution in [1.82, 2.24) is 9.88 Å². The molecule has 0 aliphatic heterocycles. The van der Waals surface area contributed by atoms with Gasteiger partial charge < -0.3 is 5.32 Å². The molecule has 0 aromatic carbocycles. The number of carbonyl (C=O) groups excluding carboxylic acids is 1. The predicted octanol–water partition coefficient (Wildman–Crippen LogP) is 0.434. The van der Waals surface area contributed by atoms with E-state index in [2.05, 4.69) is 5.32 Å². The van der Waals surface area contributed by atoms with E-state index in [0.29, 0.717) is 0 Å². The van der Waals surface area contributed by atoms with E-state index in [9.17, 15) is 9.59 Å². The molecule has 4 nitrogen and oxygen atoms in total. The van der Waals surface area contributed by atoms with Gasteiger partial charge in [0.15, 0.2) is 0 Å². The van der Waals surface area contributed by atoms with Crippen LogP contribution < -0.4 is 10.2 Å². The summed E-state index contributed by atoms with van der Waals surface area (Å²) in [6.45, 7) is 3.88. The largest absolute Gasteiger partial charge is 0.352 e. The van der Waals surface area contributed by atoms with Gasteiger partial charge in [0.1, 0.15) is 6.54 Å². The summed E-state index contributed by atoms with van der Waals surface area (Å²) in [7, 11) is 0. The minimum absolute atomic E-state index is 0.0982. The molecule has 1 N–H and O–H groups in total. The summed E-state index contributed by atoms with van der Waals surface area (Å²) in [4.78, 5) is 22.2. The van der Waals surface area contributed by atoms with Gasteiger partial charge in [0.25, 0.3) is 0 Å². The molecular weight excluding hydrogens is 188 g/mol. The molecule has 0 fully saturated rings. The van der Waals surface area contributed by atoms with E-state index >= 15 is 0 Å². The Balaban J connectivity index is 2.55. The average molecular weight is 200 g/mol. The molecule has 0 radical (unpaired) electrons. The molecule has 1 heterocycles. The summed E-state index contributed by atoms with van der Waals surface area (Å²) in [5.74, 6) is -0.129. The minimum atomic E-state index is -0.129. The number of thiazole rings is 1. The quantitative estimate of drug-likeness (QED) is 0.769. The fraction of sp³-hybridized carbons (Fsp3) is 0.500. The zero-order valence-corrected chi connectivity index (χ0v) is 8.43. The minimum Gasteiger partial charge on any atom is -0.352 e. The van der Waals surface area contributed by atoms with Gasteiger partial charge in [-0.05, 0) is 13.8 Å². The Morgan fingerprint density at radius 1 is 1.69 bits per heavy atom. The van der Waals surface area contributed by atoms with Crippen LogP contribution in [0.1, 0.15) is 13.8 Å². The number of aromatic nitrogens is 1. The number of rotatable bonds is 3. The number of nitrogens with zero attached hydrogens (tertiary/aromatic N) is 1. The van der Waals surface area contributed by atoms with E-state index in [0.717, 1.165) is 11.3 Å². The van der Waals surface area contributed by atoms with Crippen molar-refractivity contribution >= 4 is 17.2 Å². The Hall–Kier alpha value is -1.10. The van der Waals surface area contributed by atoms with Crippen LogP contribution in [0.3, 0.4) is 0 Å². The van der Waals surface area contributed by atoms with Crippen molar-refractivity contribution in [1.29, 1.82) is 0 Å². The first-order chi connectivity index (χ1) is 6.09. The molecule has 1 aromatic heterocycles. The maximum Gasteiger partial charge on any atom is 0.307 e. The third-order valence-corrected chi connectivity index (χ3v) is 2.10. The van der Waals surface area contributed by atoms with Gasteiger partial charge in [-0.1, -0.05) is 11.3 Å². The Bertz CT molecular complexity index is 340. The topological polar surface area (TPSA) is 51.1 Å². The Kier molecular flexibility index (Phi) is 3.25. The van der Waals surface area contributed by atoms with E-state index in [-0.39, 0.29) is 23.4 Å². The molecule has 0 saturated carbocycles. The molecule has 0 bridgehead atoms. The van der Waals surface area contributed by atoms with E-state index < -0.39 is 0 Å². The van der Waals surface area contributed by atoms with Gasteiger partial charge in [-0.25, -0.2) is 0 Å². The van der Waals surface area contributed by atoms with Gasteiger partial charge in [-0.15, -0.1) is 0 Å². The zero-order valence-electron chi connectivity index (χ0n) is 7.61. The molecule has 1 rings (SSSR count). The summed E-state index contributed by atoms with van der Waals surface area (Å²) in [6, 6.07) is 0.113. The van der Waals surface area contributed by atoms with Crippen LogP contribution in [0.2, 0.25) is 0 Å². The van der Waals surface area contributed by atoms with Crippen LogP contribution in [-0.2, 0) is 11.3 Å². The fourth-order valence-corrected chi connectivity index (χ4v) is 1.52. The van der Waals surface area contributed by atoms with Crippen LogP contribution in [0.15, 0.2) is 16.4 Å². The first kappa shape index (κ1) is 9.98. The van der Waals surface area contributed by atoms with E-state index in [1.165, 1.54) is 4.57 Å². The van der Waals surface area contributed by atoms with E-state index in [4.69, 9.17) is 0 Å². The normalized spacial score (nSPS) is 10.4. The Morgan fingerprint density at radius 3 is 2.85 bits per heavy atom. The number of hydrogen-bond acceptors (Lipinski definition) is 3. The number of amides is 1. The highest BCUT2D eigenvalue weighted by Crippen LogP contribution is 1.89. The highest BCUT2D eigenvalue weighted by Gasteiger charge is 2.05. The summed E-state index contributed by atoms with van der Waals surface area (Å²) in [6.07, 6.45) is 1.62. The first-order valence-electron chi connectivity index (χ1n) is 4.03. The van der Waals surface area contributed by atoms with Crippen LogP contribution in [0, 0.1) is 0 Å². The van der Waals surface area contributed by atoms with Crippen molar-refractivity contribution in [2.75, 3.05) is 0 Å². The molecule has 0 unspecified atom stereocenters. The molecule has 5 heteroatoms. The molecule has 0 spiro atoms. The molecule has 1 amide bonds. The van der Waals surface area contributed by atoms with Crippen molar-refractivity contribution in [3.63, 3.8) is 0 Å². The van der Waals surface area contributed by atoms with Gasteiger partial charge in [-0.2, -0.15) is 0 Å². The third-order valence-electron chi connectivity index (χ3n) is 1.41. The zero-order chi connectivity index (χ0) is 9.84. The lowest BCUT2D eigenvalue weighted by Gasteiger charge is -2.07. The van der Waals surface area contributed by atoms with Gasteiger partial charge in [-0.3, -0.25) is 14.2 Å². The summed E-state index contributed by atoms with van der Waals surface area (Å²) >= 11 is 1.09. The molecule has 1 aromatic rings. The van der Waals surface area contributed by atoms with Crippen LogP contribution >= 0.6 is 11.3 Å². The van der Waals surface area contributed by atoms with Crippen LogP contribution in [0.5, 0.6) is 0 Å². The SMILES string of the molecule is CC(C)NC(=O)Cn1ccsc1=O.